The monoisotopic (exact) mass is 313 g/mol. The Labute approximate surface area is 128 Å². The zero-order valence-corrected chi connectivity index (χ0v) is 13.5. The molecule has 21 heavy (non-hydrogen) atoms. The standard InChI is InChI=1S/C16H26O4S/c1-2-3-4-5-6-7-8-9-12-15-13-10-11-14-16(15)20-21(17,18)19/h10-11,13-14H,2-9,12H2,1H3,(H,17,18,19)/p-1. The Morgan fingerprint density at radius 3 is 2.14 bits per heavy atom. The van der Waals surface area contributed by atoms with Gasteiger partial charge in [-0.25, -0.2) is 8.42 Å². The van der Waals surface area contributed by atoms with E-state index in [-0.39, 0.29) is 5.75 Å². The summed E-state index contributed by atoms with van der Waals surface area (Å²) in [5.41, 5.74) is 0.780. The van der Waals surface area contributed by atoms with Gasteiger partial charge in [-0.1, -0.05) is 70.1 Å². The molecule has 0 aliphatic heterocycles. The van der Waals surface area contributed by atoms with Crippen molar-refractivity contribution in [1.29, 1.82) is 0 Å². The van der Waals surface area contributed by atoms with Gasteiger partial charge in [0, 0.05) is 0 Å². The lowest BCUT2D eigenvalue weighted by Gasteiger charge is -2.13. The van der Waals surface area contributed by atoms with E-state index in [1.807, 2.05) is 12.1 Å². The van der Waals surface area contributed by atoms with Crippen LogP contribution in [0.15, 0.2) is 24.3 Å². The van der Waals surface area contributed by atoms with E-state index < -0.39 is 10.4 Å². The zero-order valence-electron chi connectivity index (χ0n) is 12.7. The lowest BCUT2D eigenvalue weighted by atomic mass is 10.0. The van der Waals surface area contributed by atoms with Crippen molar-refractivity contribution in [1.82, 2.24) is 0 Å². The van der Waals surface area contributed by atoms with Gasteiger partial charge in [0.25, 0.3) is 10.4 Å². The Morgan fingerprint density at radius 1 is 0.952 bits per heavy atom. The molecule has 0 aliphatic rings. The van der Waals surface area contributed by atoms with Gasteiger partial charge >= 0.3 is 0 Å². The van der Waals surface area contributed by atoms with E-state index in [0.29, 0.717) is 0 Å². The number of hydrogen-bond donors (Lipinski definition) is 0. The molecule has 0 saturated heterocycles. The van der Waals surface area contributed by atoms with Gasteiger partial charge in [0.1, 0.15) is 5.75 Å². The normalized spacial score (nSPS) is 11.5. The maximum Gasteiger partial charge on any atom is 0.262 e. The molecule has 5 heteroatoms. The minimum atomic E-state index is -4.70. The van der Waals surface area contributed by atoms with Gasteiger partial charge < -0.3 is 8.74 Å². The van der Waals surface area contributed by atoms with Gasteiger partial charge in [0.05, 0.1) is 0 Å². The summed E-state index contributed by atoms with van der Waals surface area (Å²) in [6, 6.07) is 6.82. The molecule has 0 heterocycles. The lowest BCUT2D eigenvalue weighted by Crippen LogP contribution is -2.08. The molecule has 0 atom stereocenters. The molecule has 1 aromatic carbocycles. The Bertz CT molecular complexity index is 497. The molecule has 1 aromatic rings. The highest BCUT2D eigenvalue weighted by molar-refractivity contribution is 7.81. The van der Waals surface area contributed by atoms with E-state index in [4.69, 9.17) is 0 Å². The Morgan fingerprint density at radius 2 is 1.52 bits per heavy atom. The SMILES string of the molecule is CCCCCCCCCCc1ccccc1OS(=O)(=O)[O-]. The first kappa shape index (κ1) is 18.0. The minimum Gasteiger partial charge on any atom is -0.716 e. The van der Waals surface area contributed by atoms with Crippen molar-refractivity contribution < 1.29 is 17.2 Å². The third-order valence-corrected chi connectivity index (χ3v) is 3.85. The van der Waals surface area contributed by atoms with E-state index in [1.54, 1.807) is 6.07 Å². The molecule has 1 rings (SSSR count). The van der Waals surface area contributed by atoms with Crippen molar-refractivity contribution >= 4 is 10.4 Å². The van der Waals surface area contributed by atoms with Crippen molar-refractivity contribution in [2.45, 2.75) is 64.7 Å². The number of hydrogen-bond acceptors (Lipinski definition) is 4. The Hall–Kier alpha value is -1.07. The van der Waals surface area contributed by atoms with E-state index in [1.165, 1.54) is 44.6 Å². The fraction of sp³-hybridized carbons (Fsp3) is 0.625. The Balaban J connectivity index is 2.29. The molecule has 0 saturated carbocycles. The summed E-state index contributed by atoms with van der Waals surface area (Å²) >= 11 is 0. The number of para-hydroxylation sites is 1. The highest BCUT2D eigenvalue weighted by atomic mass is 32.3. The molecular formula is C16H25O4S-. The molecule has 0 unspecified atom stereocenters. The first-order valence-electron chi connectivity index (χ1n) is 7.76. The quantitative estimate of drug-likeness (QED) is 0.349. The first-order valence-corrected chi connectivity index (χ1v) is 9.09. The fourth-order valence-corrected chi connectivity index (χ4v) is 2.73. The predicted molar refractivity (Wildman–Crippen MR) is 83.1 cm³/mol. The van der Waals surface area contributed by atoms with Crippen LogP contribution in [0.25, 0.3) is 0 Å². The van der Waals surface area contributed by atoms with Crippen LogP contribution in [0.2, 0.25) is 0 Å². The fourth-order valence-electron chi connectivity index (χ4n) is 2.35. The highest BCUT2D eigenvalue weighted by Gasteiger charge is 2.06. The van der Waals surface area contributed by atoms with E-state index in [2.05, 4.69) is 11.1 Å². The van der Waals surface area contributed by atoms with E-state index in [9.17, 15) is 13.0 Å². The maximum absolute atomic E-state index is 10.7. The highest BCUT2D eigenvalue weighted by Crippen LogP contribution is 2.22. The topological polar surface area (TPSA) is 66.4 Å². The summed E-state index contributed by atoms with van der Waals surface area (Å²) in [6.07, 6.45) is 10.5. The maximum atomic E-state index is 10.7. The zero-order chi connectivity index (χ0) is 15.6. The summed E-state index contributed by atoms with van der Waals surface area (Å²) in [7, 11) is -4.70. The second-order valence-corrected chi connectivity index (χ2v) is 6.31. The molecule has 0 N–H and O–H groups in total. The molecule has 120 valence electrons. The van der Waals surface area contributed by atoms with Gasteiger partial charge in [0.2, 0.25) is 0 Å². The van der Waals surface area contributed by atoms with Crippen LogP contribution < -0.4 is 4.18 Å². The van der Waals surface area contributed by atoms with Gasteiger partial charge in [-0.05, 0) is 24.5 Å². The summed E-state index contributed by atoms with van der Waals surface area (Å²) < 4.78 is 36.5. The van der Waals surface area contributed by atoms with Gasteiger partial charge in [-0.2, -0.15) is 0 Å². The minimum absolute atomic E-state index is 0.162. The van der Waals surface area contributed by atoms with Gasteiger partial charge in [0.15, 0.2) is 0 Å². The molecule has 0 amide bonds. The second-order valence-electron chi connectivity index (χ2n) is 5.32. The van der Waals surface area contributed by atoms with Crippen LogP contribution in [0.3, 0.4) is 0 Å². The molecule has 0 bridgehead atoms. The third-order valence-electron chi connectivity index (χ3n) is 3.46. The molecule has 0 fully saturated rings. The average Bonchev–Trinajstić information content (AvgIpc) is 2.42. The van der Waals surface area contributed by atoms with Crippen LogP contribution in [0.1, 0.15) is 63.9 Å². The lowest BCUT2D eigenvalue weighted by molar-refractivity contribution is 0.370. The van der Waals surface area contributed by atoms with Crippen molar-refractivity contribution in [2.75, 3.05) is 0 Å². The van der Waals surface area contributed by atoms with E-state index in [0.717, 1.165) is 24.8 Å². The number of benzene rings is 1. The van der Waals surface area contributed by atoms with Crippen LogP contribution in [0.4, 0.5) is 0 Å². The summed E-state index contributed by atoms with van der Waals surface area (Å²) in [6.45, 7) is 2.21. The van der Waals surface area contributed by atoms with Crippen LogP contribution in [0.5, 0.6) is 5.75 Å². The number of unbranched alkanes of at least 4 members (excludes halogenated alkanes) is 7. The summed E-state index contributed by atoms with van der Waals surface area (Å²) in [4.78, 5) is 0. The number of aryl methyl sites for hydroxylation is 1. The molecule has 0 aromatic heterocycles. The van der Waals surface area contributed by atoms with Crippen LogP contribution in [0, 0.1) is 0 Å². The molecule has 4 nitrogen and oxygen atoms in total. The molecular weight excluding hydrogens is 288 g/mol. The molecule has 0 spiro atoms. The molecule has 0 radical (unpaired) electrons. The average molecular weight is 313 g/mol. The summed E-state index contributed by atoms with van der Waals surface area (Å²) in [5, 5.41) is 0. The first-order chi connectivity index (χ1) is 10.0. The predicted octanol–water partition coefficient (Wildman–Crippen LogP) is 4.21. The van der Waals surface area contributed by atoms with Gasteiger partial charge in [-0.15, -0.1) is 0 Å². The third kappa shape index (κ3) is 8.73. The Kier molecular flexibility index (Phi) is 8.38. The van der Waals surface area contributed by atoms with E-state index >= 15 is 0 Å². The summed E-state index contributed by atoms with van der Waals surface area (Å²) in [5.74, 6) is 0.162. The van der Waals surface area contributed by atoms with Crippen LogP contribution >= 0.6 is 0 Å². The van der Waals surface area contributed by atoms with Crippen molar-refractivity contribution in [3.05, 3.63) is 29.8 Å². The smallest absolute Gasteiger partial charge is 0.262 e. The largest absolute Gasteiger partial charge is 0.716 e. The van der Waals surface area contributed by atoms with Crippen molar-refractivity contribution in [3.8, 4) is 5.75 Å². The van der Waals surface area contributed by atoms with Crippen molar-refractivity contribution in [3.63, 3.8) is 0 Å². The number of rotatable bonds is 11. The second kappa shape index (κ2) is 9.79. The van der Waals surface area contributed by atoms with Crippen LogP contribution in [-0.2, 0) is 16.8 Å². The van der Waals surface area contributed by atoms with Crippen LogP contribution in [-0.4, -0.2) is 13.0 Å². The van der Waals surface area contributed by atoms with Gasteiger partial charge in [-0.3, -0.25) is 0 Å². The van der Waals surface area contributed by atoms with Crippen molar-refractivity contribution in [2.24, 2.45) is 0 Å². The molecule has 0 aliphatic carbocycles.